The highest BCUT2D eigenvalue weighted by Gasteiger charge is 2.37. The number of rotatable bonds is 7. The average molecular weight is 353 g/mol. The summed E-state index contributed by atoms with van der Waals surface area (Å²) < 4.78 is 11.0. The number of non-ortho nitro benzene ring substituents is 1. The van der Waals surface area contributed by atoms with Crippen molar-refractivity contribution in [3.8, 4) is 0 Å². The van der Waals surface area contributed by atoms with Crippen molar-refractivity contribution in [1.82, 2.24) is 0 Å². The lowest BCUT2D eigenvalue weighted by Gasteiger charge is -2.36. The number of nitrogens with zero attached hydrogens (tertiary/aromatic N) is 1. The van der Waals surface area contributed by atoms with Gasteiger partial charge >= 0.3 is 5.97 Å². The van der Waals surface area contributed by atoms with Crippen LogP contribution in [-0.2, 0) is 14.0 Å². The molecule has 0 saturated carbocycles. The molecular formula is C17H27NO5Si. The lowest BCUT2D eigenvalue weighted by molar-refractivity contribution is -0.384. The summed E-state index contributed by atoms with van der Waals surface area (Å²) in [7, 11) is -0.540. The van der Waals surface area contributed by atoms with Crippen LogP contribution in [-0.4, -0.2) is 32.9 Å². The van der Waals surface area contributed by atoms with Gasteiger partial charge in [0.25, 0.3) is 5.69 Å². The van der Waals surface area contributed by atoms with Gasteiger partial charge in [-0.3, -0.25) is 14.9 Å². The van der Waals surface area contributed by atoms with E-state index in [-0.39, 0.29) is 16.7 Å². The maximum Gasteiger partial charge on any atom is 0.313 e. The van der Waals surface area contributed by atoms with E-state index in [2.05, 4.69) is 33.9 Å². The van der Waals surface area contributed by atoms with Gasteiger partial charge in [0, 0.05) is 18.7 Å². The van der Waals surface area contributed by atoms with Crippen molar-refractivity contribution < 1.29 is 18.9 Å². The van der Waals surface area contributed by atoms with E-state index >= 15 is 0 Å². The lowest BCUT2D eigenvalue weighted by atomic mass is 9.96. The van der Waals surface area contributed by atoms with Crippen LogP contribution in [0.15, 0.2) is 24.3 Å². The number of methoxy groups -OCH3 is 1. The molecule has 0 bridgehead atoms. The van der Waals surface area contributed by atoms with Gasteiger partial charge in [0.05, 0.1) is 18.0 Å². The van der Waals surface area contributed by atoms with Crippen LogP contribution in [0.25, 0.3) is 0 Å². The number of hydrogen-bond donors (Lipinski definition) is 0. The second-order valence-corrected chi connectivity index (χ2v) is 12.1. The van der Waals surface area contributed by atoms with Crippen molar-refractivity contribution in [2.75, 3.05) is 13.7 Å². The minimum Gasteiger partial charge on any atom is -0.469 e. The lowest BCUT2D eigenvalue weighted by Crippen LogP contribution is -2.41. The Morgan fingerprint density at radius 2 is 1.79 bits per heavy atom. The summed E-state index contributed by atoms with van der Waals surface area (Å²) in [4.78, 5) is 22.4. The van der Waals surface area contributed by atoms with Gasteiger partial charge in [-0.1, -0.05) is 32.9 Å². The average Bonchev–Trinajstić information content (AvgIpc) is 2.50. The number of benzene rings is 1. The van der Waals surface area contributed by atoms with Gasteiger partial charge in [0.15, 0.2) is 8.32 Å². The van der Waals surface area contributed by atoms with Crippen LogP contribution in [0, 0.1) is 10.1 Å². The molecule has 0 N–H and O–H groups in total. The predicted molar refractivity (Wildman–Crippen MR) is 95.6 cm³/mol. The third-order valence-electron chi connectivity index (χ3n) is 4.67. The SMILES string of the molecule is COC(=O)C(CCO[Si](C)(C)C(C)(C)C)c1ccc([N+](=O)[O-])cc1. The maximum atomic E-state index is 12.1. The third-order valence-corrected chi connectivity index (χ3v) is 9.21. The van der Waals surface area contributed by atoms with Gasteiger partial charge < -0.3 is 9.16 Å². The summed E-state index contributed by atoms with van der Waals surface area (Å²) in [6.07, 6.45) is 0.483. The van der Waals surface area contributed by atoms with E-state index < -0.39 is 19.2 Å². The van der Waals surface area contributed by atoms with E-state index in [0.29, 0.717) is 18.6 Å². The van der Waals surface area contributed by atoms with E-state index in [0.717, 1.165) is 0 Å². The fourth-order valence-electron chi connectivity index (χ4n) is 2.04. The summed E-state index contributed by atoms with van der Waals surface area (Å²) in [5.74, 6) is -0.844. The molecule has 0 radical (unpaired) electrons. The highest BCUT2D eigenvalue weighted by Crippen LogP contribution is 2.37. The van der Waals surface area contributed by atoms with Gasteiger partial charge in [-0.25, -0.2) is 0 Å². The molecule has 0 heterocycles. The van der Waals surface area contributed by atoms with E-state index in [1.807, 2.05) is 0 Å². The minimum absolute atomic E-state index is 0.000103. The number of carbonyl (C=O) groups excluding carboxylic acids is 1. The first-order valence-electron chi connectivity index (χ1n) is 7.96. The van der Waals surface area contributed by atoms with Gasteiger partial charge in [-0.15, -0.1) is 0 Å². The standard InChI is InChI=1S/C17H27NO5Si/c1-17(2,3)24(5,6)23-12-11-15(16(19)22-4)13-7-9-14(10-8-13)18(20)21/h7-10,15H,11-12H2,1-6H3. The van der Waals surface area contributed by atoms with Crippen LogP contribution in [0.1, 0.15) is 38.7 Å². The fraction of sp³-hybridized carbons (Fsp3) is 0.588. The Balaban J connectivity index is 2.84. The van der Waals surface area contributed by atoms with Crippen molar-refractivity contribution in [3.05, 3.63) is 39.9 Å². The first kappa shape index (κ1) is 20.3. The molecule has 24 heavy (non-hydrogen) atoms. The molecule has 1 rings (SSSR count). The normalized spacial score (nSPS) is 13.4. The van der Waals surface area contributed by atoms with Crippen molar-refractivity contribution in [2.45, 2.75) is 51.2 Å². The molecule has 7 heteroatoms. The molecule has 6 nitrogen and oxygen atoms in total. The number of nitro groups is 1. The Bertz CT molecular complexity index is 578. The molecule has 0 saturated heterocycles. The van der Waals surface area contributed by atoms with Crippen LogP contribution in [0.4, 0.5) is 5.69 Å². The zero-order valence-corrected chi connectivity index (χ0v) is 16.3. The van der Waals surface area contributed by atoms with Crippen molar-refractivity contribution >= 4 is 20.0 Å². The Kier molecular flexibility index (Phi) is 6.68. The topological polar surface area (TPSA) is 78.7 Å². The first-order chi connectivity index (χ1) is 11.0. The Hall–Kier alpha value is -1.73. The molecule has 0 spiro atoms. The number of carbonyl (C=O) groups is 1. The first-order valence-corrected chi connectivity index (χ1v) is 10.9. The maximum absolute atomic E-state index is 12.1. The number of esters is 1. The molecular weight excluding hydrogens is 326 g/mol. The molecule has 0 aromatic heterocycles. The summed E-state index contributed by atoms with van der Waals surface area (Å²) in [5, 5.41) is 10.8. The Morgan fingerprint density at radius 1 is 1.25 bits per heavy atom. The van der Waals surface area contributed by atoms with Crippen LogP contribution < -0.4 is 0 Å². The highest BCUT2D eigenvalue weighted by atomic mass is 28.4. The van der Waals surface area contributed by atoms with Crippen LogP contribution in [0.3, 0.4) is 0 Å². The van der Waals surface area contributed by atoms with E-state index in [1.54, 1.807) is 12.1 Å². The largest absolute Gasteiger partial charge is 0.469 e. The molecule has 1 aromatic carbocycles. The Labute approximate surface area is 144 Å². The van der Waals surface area contributed by atoms with Crippen molar-refractivity contribution in [2.24, 2.45) is 0 Å². The molecule has 1 unspecified atom stereocenters. The molecule has 1 aromatic rings. The van der Waals surface area contributed by atoms with Crippen molar-refractivity contribution in [1.29, 1.82) is 0 Å². The summed E-state index contributed by atoms with van der Waals surface area (Å²) >= 11 is 0. The fourth-order valence-corrected chi connectivity index (χ4v) is 3.10. The molecule has 0 aliphatic rings. The minimum atomic E-state index is -1.88. The van der Waals surface area contributed by atoms with E-state index in [1.165, 1.54) is 19.2 Å². The number of ether oxygens (including phenoxy) is 1. The van der Waals surface area contributed by atoms with Crippen LogP contribution >= 0.6 is 0 Å². The second kappa shape index (κ2) is 7.89. The molecule has 0 amide bonds. The summed E-state index contributed by atoms with van der Waals surface area (Å²) in [5.41, 5.74) is 0.700. The second-order valence-electron chi connectivity index (χ2n) is 7.32. The molecule has 0 fully saturated rings. The molecule has 1 atom stereocenters. The van der Waals surface area contributed by atoms with Gasteiger partial charge in [0.1, 0.15) is 0 Å². The summed E-state index contributed by atoms with van der Waals surface area (Å²) in [6.45, 7) is 11.2. The summed E-state index contributed by atoms with van der Waals surface area (Å²) in [6, 6.07) is 6.01. The third kappa shape index (κ3) is 5.14. The van der Waals surface area contributed by atoms with Gasteiger partial charge in [-0.2, -0.15) is 0 Å². The quantitative estimate of drug-likeness (QED) is 0.317. The van der Waals surface area contributed by atoms with Crippen LogP contribution in [0.2, 0.25) is 18.1 Å². The predicted octanol–water partition coefficient (Wildman–Crippen LogP) is 4.26. The van der Waals surface area contributed by atoms with E-state index in [4.69, 9.17) is 9.16 Å². The monoisotopic (exact) mass is 353 g/mol. The van der Waals surface area contributed by atoms with Gasteiger partial charge in [-0.05, 0) is 30.1 Å². The van der Waals surface area contributed by atoms with E-state index in [9.17, 15) is 14.9 Å². The van der Waals surface area contributed by atoms with Gasteiger partial charge in [0.2, 0.25) is 0 Å². The smallest absolute Gasteiger partial charge is 0.313 e. The highest BCUT2D eigenvalue weighted by molar-refractivity contribution is 6.74. The molecule has 0 aliphatic heterocycles. The zero-order chi connectivity index (χ0) is 18.5. The zero-order valence-electron chi connectivity index (χ0n) is 15.3. The molecule has 134 valence electrons. The Morgan fingerprint density at radius 3 is 2.21 bits per heavy atom. The number of nitro benzene ring substituents is 1. The molecule has 0 aliphatic carbocycles. The van der Waals surface area contributed by atoms with Crippen LogP contribution in [0.5, 0.6) is 0 Å². The van der Waals surface area contributed by atoms with Crippen molar-refractivity contribution in [3.63, 3.8) is 0 Å². The number of hydrogen-bond acceptors (Lipinski definition) is 5.